The lowest BCUT2D eigenvalue weighted by Crippen LogP contribution is -2.27. The molecule has 2 N–H and O–H groups in total. The van der Waals surface area contributed by atoms with Gasteiger partial charge in [0.1, 0.15) is 4.99 Å². The third-order valence-corrected chi connectivity index (χ3v) is 5.28. The fraction of sp³-hybridized carbons (Fsp3) is 0.143. The van der Waals surface area contributed by atoms with E-state index in [1.807, 2.05) is 0 Å². The molecular formula is C14H15N3O2S2. The van der Waals surface area contributed by atoms with E-state index in [0.717, 1.165) is 0 Å². The Kier molecular flexibility index (Phi) is 4.24. The van der Waals surface area contributed by atoms with Crippen LogP contribution in [0.15, 0.2) is 47.6 Å². The first-order valence-electron chi connectivity index (χ1n) is 6.13. The molecule has 0 aliphatic heterocycles. The Bertz CT molecular complexity index is 774. The second kappa shape index (κ2) is 5.79. The highest BCUT2D eigenvalue weighted by atomic mass is 32.2. The van der Waals surface area contributed by atoms with Gasteiger partial charge >= 0.3 is 0 Å². The van der Waals surface area contributed by atoms with Crippen molar-refractivity contribution in [3.63, 3.8) is 0 Å². The molecular weight excluding hydrogens is 306 g/mol. The fourth-order valence-corrected chi connectivity index (χ4v) is 3.42. The summed E-state index contributed by atoms with van der Waals surface area (Å²) in [7, 11) is -2.22. The minimum absolute atomic E-state index is 0.162. The first kappa shape index (κ1) is 15.4. The second-order valence-electron chi connectivity index (χ2n) is 4.53. The Morgan fingerprint density at radius 3 is 2.62 bits per heavy atom. The number of hydrogen-bond donors (Lipinski definition) is 1. The predicted octanol–water partition coefficient (Wildman–Crippen LogP) is 1.85. The zero-order valence-corrected chi connectivity index (χ0v) is 13.3. The minimum atomic E-state index is -3.70. The zero-order valence-electron chi connectivity index (χ0n) is 11.6. The highest BCUT2D eigenvalue weighted by Gasteiger charge is 2.24. The highest BCUT2D eigenvalue weighted by Crippen LogP contribution is 2.24. The summed E-state index contributed by atoms with van der Waals surface area (Å²) in [6.45, 7) is 1.73. The van der Waals surface area contributed by atoms with E-state index in [1.54, 1.807) is 37.4 Å². The molecule has 21 heavy (non-hydrogen) atoms. The van der Waals surface area contributed by atoms with E-state index in [4.69, 9.17) is 18.0 Å². The van der Waals surface area contributed by atoms with Crippen LogP contribution in [0, 0.1) is 6.92 Å². The number of anilines is 1. The quantitative estimate of drug-likeness (QED) is 0.870. The predicted molar refractivity (Wildman–Crippen MR) is 86.9 cm³/mol. The van der Waals surface area contributed by atoms with Crippen molar-refractivity contribution < 1.29 is 8.42 Å². The number of aryl methyl sites for hydroxylation is 1. The van der Waals surface area contributed by atoms with Gasteiger partial charge in [0.25, 0.3) is 10.0 Å². The van der Waals surface area contributed by atoms with Crippen molar-refractivity contribution in [2.75, 3.05) is 11.4 Å². The van der Waals surface area contributed by atoms with Crippen LogP contribution in [-0.2, 0) is 10.0 Å². The van der Waals surface area contributed by atoms with E-state index in [9.17, 15) is 8.42 Å². The van der Waals surface area contributed by atoms with Crippen LogP contribution in [0.25, 0.3) is 0 Å². The van der Waals surface area contributed by atoms with Crippen LogP contribution in [0.3, 0.4) is 0 Å². The van der Waals surface area contributed by atoms with Gasteiger partial charge in [0, 0.05) is 18.8 Å². The SMILES string of the molecule is Cc1ccc(C(N)=S)cc1S(=O)(=O)N(C)c1cccnc1. The van der Waals surface area contributed by atoms with Gasteiger partial charge in [0.05, 0.1) is 16.8 Å². The van der Waals surface area contributed by atoms with Crippen molar-refractivity contribution in [3.8, 4) is 0 Å². The van der Waals surface area contributed by atoms with E-state index in [-0.39, 0.29) is 9.88 Å². The van der Waals surface area contributed by atoms with Crippen LogP contribution in [-0.4, -0.2) is 25.4 Å². The van der Waals surface area contributed by atoms with Crippen LogP contribution in [0.2, 0.25) is 0 Å². The van der Waals surface area contributed by atoms with Gasteiger partial charge in [0.2, 0.25) is 0 Å². The van der Waals surface area contributed by atoms with Gasteiger partial charge in [-0.1, -0.05) is 24.4 Å². The fourth-order valence-electron chi connectivity index (χ4n) is 1.86. The summed E-state index contributed by atoms with van der Waals surface area (Å²) in [5, 5.41) is 0. The topological polar surface area (TPSA) is 76.3 Å². The highest BCUT2D eigenvalue weighted by molar-refractivity contribution is 7.92. The Hall–Kier alpha value is -1.99. The monoisotopic (exact) mass is 321 g/mol. The molecule has 0 radical (unpaired) electrons. The summed E-state index contributed by atoms with van der Waals surface area (Å²) < 4.78 is 26.7. The number of nitrogens with zero attached hydrogens (tertiary/aromatic N) is 2. The maximum absolute atomic E-state index is 12.7. The summed E-state index contributed by atoms with van der Waals surface area (Å²) in [6, 6.07) is 8.26. The molecule has 0 bridgehead atoms. The maximum Gasteiger partial charge on any atom is 0.264 e. The number of rotatable bonds is 4. The zero-order chi connectivity index (χ0) is 15.6. The lowest BCUT2D eigenvalue weighted by Gasteiger charge is -2.20. The largest absolute Gasteiger partial charge is 0.389 e. The van der Waals surface area contributed by atoms with Gasteiger partial charge in [-0.05, 0) is 30.7 Å². The van der Waals surface area contributed by atoms with Crippen molar-refractivity contribution in [1.29, 1.82) is 0 Å². The third kappa shape index (κ3) is 3.03. The lowest BCUT2D eigenvalue weighted by molar-refractivity contribution is 0.593. The Morgan fingerprint density at radius 2 is 2.05 bits per heavy atom. The van der Waals surface area contributed by atoms with Crippen LogP contribution in [0.4, 0.5) is 5.69 Å². The molecule has 7 heteroatoms. The van der Waals surface area contributed by atoms with Crippen molar-refractivity contribution in [3.05, 3.63) is 53.9 Å². The van der Waals surface area contributed by atoms with Crippen molar-refractivity contribution >= 4 is 32.9 Å². The summed E-state index contributed by atoms with van der Waals surface area (Å²) in [6.07, 6.45) is 3.08. The number of sulfonamides is 1. The van der Waals surface area contributed by atoms with Crippen LogP contribution in [0.1, 0.15) is 11.1 Å². The van der Waals surface area contributed by atoms with Gasteiger partial charge in [-0.2, -0.15) is 0 Å². The molecule has 2 aromatic rings. The molecule has 0 fully saturated rings. The number of aromatic nitrogens is 1. The molecule has 1 aromatic carbocycles. The standard InChI is InChI=1S/C14H15N3O2S2/c1-10-5-6-11(14(15)20)8-13(10)21(18,19)17(2)12-4-3-7-16-9-12/h3-9H,1-2H3,(H2,15,20). The smallest absolute Gasteiger partial charge is 0.264 e. The average molecular weight is 321 g/mol. The molecule has 110 valence electrons. The molecule has 0 spiro atoms. The summed E-state index contributed by atoms with van der Waals surface area (Å²) in [5.74, 6) is 0. The van der Waals surface area contributed by atoms with Gasteiger partial charge in [-0.3, -0.25) is 9.29 Å². The van der Waals surface area contributed by atoms with Crippen LogP contribution in [0.5, 0.6) is 0 Å². The molecule has 2 rings (SSSR count). The van der Waals surface area contributed by atoms with Crippen LogP contribution >= 0.6 is 12.2 Å². The Labute approximate surface area is 129 Å². The third-order valence-electron chi connectivity index (χ3n) is 3.12. The minimum Gasteiger partial charge on any atom is -0.389 e. The molecule has 0 aliphatic carbocycles. The van der Waals surface area contributed by atoms with Crippen molar-refractivity contribution in [2.24, 2.45) is 5.73 Å². The number of pyridine rings is 1. The molecule has 1 aromatic heterocycles. The molecule has 0 unspecified atom stereocenters. The van der Waals surface area contributed by atoms with Crippen LogP contribution < -0.4 is 10.0 Å². The summed E-state index contributed by atoms with van der Waals surface area (Å²) in [4.78, 5) is 4.28. The first-order valence-corrected chi connectivity index (χ1v) is 7.98. The van der Waals surface area contributed by atoms with E-state index in [1.165, 1.54) is 23.6 Å². The molecule has 5 nitrogen and oxygen atoms in total. The lowest BCUT2D eigenvalue weighted by atomic mass is 10.1. The van der Waals surface area contributed by atoms with Gasteiger partial charge in [-0.15, -0.1) is 0 Å². The molecule has 0 aliphatic rings. The summed E-state index contributed by atoms with van der Waals surface area (Å²) >= 11 is 4.91. The molecule has 0 atom stereocenters. The van der Waals surface area contributed by atoms with Gasteiger partial charge in [0.15, 0.2) is 0 Å². The summed E-state index contributed by atoms with van der Waals surface area (Å²) in [5.41, 5.74) is 7.21. The molecule has 0 saturated carbocycles. The normalized spacial score (nSPS) is 11.1. The number of thiocarbonyl (C=S) groups is 1. The molecule has 1 heterocycles. The number of benzene rings is 1. The van der Waals surface area contributed by atoms with Gasteiger partial charge < -0.3 is 5.73 Å². The van der Waals surface area contributed by atoms with Crippen molar-refractivity contribution in [2.45, 2.75) is 11.8 Å². The Balaban J connectivity index is 2.54. The van der Waals surface area contributed by atoms with E-state index in [0.29, 0.717) is 16.8 Å². The number of nitrogens with two attached hydrogens (primary N) is 1. The maximum atomic E-state index is 12.7. The van der Waals surface area contributed by atoms with Gasteiger partial charge in [-0.25, -0.2) is 8.42 Å². The van der Waals surface area contributed by atoms with E-state index >= 15 is 0 Å². The molecule has 0 amide bonds. The van der Waals surface area contributed by atoms with E-state index in [2.05, 4.69) is 4.98 Å². The second-order valence-corrected chi connectivity index (χ2v) is 6.91. The molecule has 0 saturated heterocycles. The average Bonchev–Trinajstić information content (AvgIpc) is 2.47. The van der Waals surface area contributed by atoms with Crippen molar-refractivity contribution in [1.82, 2.24) is 4.98 Å². The Morgan fingerprint density at radius 1 is 1.33 bits per heavy atom. The van der Waals surface area contributed by atoms with E-state index < -0.39 is 10.0 Å². The first-order chi connectivity index (χ1) is 9.84. The number of hydrogen-bond acceptors (Lipinski definition) is 4.